The number of rotatable bonds is 12. The molecule has 0 saturated carbocycles. The molecule has 0 heterocycles. The molecular weight excluding hydrogens is 708 g/mol. The van der Waals surface area contributed by atoms with E-state index in [2.05, 4.69) is 14.8 Å². The zero-order valence-electron chi connectivity index (χ0n) is 27.7. The predicted octanol–water partition coefficient (Wildman–Crippen LogP) is 9.62. The second kappa shape index (κ2) is 16.2. The molecule has 0 aliphatic carbocycles. The molecule has 0 aromatic heterocycles. The van der Waals surface area contributed by atoms with Crippen LogP contribution in [0.2, 0.25) is 0 Å². The quantitative estimate of drug-likeness (QED) is 0.146. The van der Waals surface area contributed by atoms with Gasteiger partial charge in [-0.1, -0.05) is 19.9 Å². The first-order valence-corrected chi connectivity index (χ1v) is 15.2. The van der Waals surface area contributed by atoms with Crippen LogP contribution in [0.1, 0.15) is 73.1 Å². The number of methoxy groups -OCH3 is 1. The van der Waals surface area contributed by atoms with Crippen LogP contribution in [0.15, 0.2) is 48.5 Å². The van der Waals surface area contributed by atoms with Gasteiger partial charge in [0.25, 0.3) is 0 Å². The molecule has 280 valence electrons. The number of carbonyl (C=O) groups excluding carboxylic acids is 2. The van der Waals surface area contributed by atoms with Crippen molar-refractivity contribution in [2.75, 3.05) is 20.3 Å². The number of hydrogen-bond donors (Lipinski definition) is 1. The van der Waals surface area contributed by atoms with E-state index in [1.807, 2.05) is 0 Å². The van der Waals surface area contributed by atoms with Crippen LogP contribution in [0.4, 0.5) is 48.7 Å². The second-order valence-electron chi connectivity index (χ2n) is 11.5. The average molecular weight is 742 g/mol. The van der Waals surface area contributed by atoms with Crippen molar-refractivity contribution in [2.24, 2.45) is 0 Å². The van der Waals surface area contributed by atoms with E-state index in [1.54, 1.807) is 13.8 Å². The van der Waals surface area contributed by atoms with E-state index in [0.717, 1.165) is 24.3 Å². The number of carbonyl (C=O) groups is 2. The fourth-order valence-corrected chi connectivity index (χ4v) is 5.01. The monoisotopic (exact) mass is 741 g/mol. The molecule has 0 radical (unpaired) electrons. The van der Waals surface area contributed by atoms with Gasteiger partial charge in [-0.15, -0.1) is 0 Å². The normalized spacial score (nSPS) is 13.5. The largest absolute Gasteiger partial charge is 0.509 e. The van der Waals surface area contributed by atoms with Crippen molar-refractivity contribution in [1.82, 2.24) is 5.32 Å². The average Bonchev–Trinajstić information content (AvgIpc) is 3.03. The molecule has 0 aliphatic rings. The van der Waals surface area contributed by atoms with Crippen LogP contribution >= 0.6 is 0 Å². The molecule has 0 saturated heterocycles. The highest BCUT2D eigenvalue weighted by Crippen LogP contribution is 2.41. The van der Waals surface area contributed by atoms with Crippen molar-refractivity contribution >= 4 is 12.1 Å². The number of ether oxygens (including phenoxy) is 4. The summed E-state index contributed by atoms with van der Waals surface area (Å²) in [6.45, 7) is 4.33. The van der Waals surface area contributed by atoms with E-state index in [4.69, 9.17) is 9.47 Å². The lowest BCUT2D eigenvalue weighted by Gasteiger charge is -2.27. The van der Waals surface area contributed by atoms with Gasteiger partial charge in [0.15, 0.2) is 6.61 Å². The Morgan fingerprint density at radius 1 is 0.765 bits per heavy atom. The van der Waals surface area contributed by atoms with Crippen molar-refractivity contribution in [2.45, 2.75) is 70.8 Å². The molecule has 0 aliphatic heterocycles. The van der Waals surface area contributed by atoms with Crippen LogP contribution in [0, 0.1) is 5.82 Å². The molecule has 3 aromatic rings. The summed E-state index contributed by atoms with van der Waals surface area (Å²) in [6.07, 6.45) is -19.1. The lowest BCUT2D eigenvalue weighted by atomic mass is 9.92. The van der Waals surface area contributed by atoms with Crippen LogP contribution in [0.3, 0.4) is 0 Å². The first-order chi connectivity index (χ1) is 23.6. The van der Waals surface area contributed by atoms with Gasteiger partial charge in [-0.3, -0.25) is 0 Å². The zero-order valence-corrected chi connectivity index (χ0v) is 27.7. The first kappa shape index (κ1) is 40.9. The van der Waals surface area contributed by atoms with Crippen LogP contribution in [0.5, 0.6) is 5.75 Å². The molecule has 0 amide bonds. The summed E-state index contributed by atoms with van der Waals surface area (Å²) in [6, 6.07) is 4.12. The Bertz CT molecular complexity index is 1670. The molecule has 0 fully saturated rings. The van der Waals surface area contributed by atoms with E-state index in [0.29, 0.717) is 12.1 Å². The van der Waals surface area contributed by atoms with Gasteiger partial charge in [0.05, 0.1) is 30.4 Å². The maximum absolute atomic E-state index is 14.8. The molecule has 51 heavy (non-hydrogen) atoms. The topological polar surface area (TPSA) is 83.1 Å². The van der Waals surface area contributed by atoms with Gasteiger partial charge in [0, 0.05) is 24.2 Å². The smallest absolute Gasteiger partial charge is 0.496 e. The molecule has 1 N–H and O–H groups in total. The summed E-state index contributed by atoms with van der Waals surface area (Å²) >= 11 is 0. The van der Waals surface area contributed by atoms with Gasteiger partial charge in [0.2, 0.25) is 0 Å². The predicted molar refractivity (Wildman–Crippen MR) is 162 cm³/mol. The number of hydrogen-bond acceptors (Lipinski definition) is 7. The Labute approximate surface area is 285 Å². The second-order valence-corrected chi connectivity index (χ2v) is 11.5. The van der Waals surface area contributed by atoms with Gasteiger partial charge < -0.3 is 24.3 Å². The van der Waals surface area contributed by atoms with E-state index in [1.165, 1.54) is 27.0 Å². The van der Waals surface area contributed by atoms with Gasteiger partial charge in [-0.2, -0.15) is 39.5 Å². The molecular formula is C34H33F10NO6. The van der Waals surface area contributed by atoms with E-state index < -0.39 is 84.0 Å². The van der Waals surface area contributed by atoms with Crippen molar-refractivity contribution in [3.05, 3.63) is 87.7 Å². The van der Waals surface area contributed by atoms with Crippen LogP contribution < -0.4 is 10.1 Å². The minimum atomic E-state index is -5.28. The number of halogens is 10. The van der Waals surface area contributed by atoms with Crippen molar-refractivity contribution in [3.8, 4) is 16.9 Å². The Kier molecular flexibility index (Phi) is 13.0. The van der Waals surface area contributed by atoms with E-state index >= 15 is 0 Å². The molecule has 17 heteroatoms. The fourth-order valence-electron chi connectivity index (χ4n) is 5.01. The molecule has 0 spiro atoms. The minimum Gasteiger partial charge on any atom is -0.496 e. The zero-order chi connectivity index (χ0) is 38.5. The summed E-state index contributed by atoms with van der Waals surface area (Å²) in [5, 5.41) is 2.71. The van der Waals surface area contributed by atoms with Crippen molar-refractivity contribution in [3.63, 3.8) is 0 Å². The lowest BCUT2D eigenvalue weighted by Crippen LogP contribution is -2.35. The van der Waals surface area contributed by atoms with Crippen LogP contribution in [0.25, 0.3) is 11.1 Å². The maximum atomic E-state index is 14.8. The highest BCUT2D eigenvalue weighted by molar-refractivity contribution is 5.75. The highest BCUT2D eigenvalue weighted by Gasteiger charge is 2.39. The molecule has 7 nitrogen and oxygen atoms in total. The molecule has 0 bridgehead atoms. The summed E-state index contributed by atoms with van der Waals surface area (Å²) < 4.78 is 158. The van der Waals surface area contributed by atoms with E-state index in [9.17, 15) is 53.5 Å². The highest BCUT2D eigenvalue weighted by atomic mass is 19.4. The van der Waals surface area contributed by atoms with Gasteiger partial charge in [0.1, 0.15) is 17.7 Å². The minimum absolute atomic E-state index is 0.0415. The summed E-state index contributed by atoms with van der Waals surface area (Å²) in [7, 11) is 1.21. The molecule has 2 atom stereocenters. The summed E-state index contributed by atoms with van der Waals surface area (Å²) in [5.74, 6) is -2.08. The molecule has 3 rings (SSSR count). The lowest BCUT2D eigenvalue weighted by molar-refractivity contribution is -0.148. The van der Waals surface area contributed by atoms with Crippen molar-refractivity contribution in [1.29, 1.82) is 0 Å². The third-order valence-corrected chi connectivity index (χ3v) is 7.51. The SMILES string of the molecule is CCOC(=O)COC(=O)O[C@H](c1cc(C(F)(F)F)cc(C(F)(F)F)c1)[C@H](C)NCc1cc(C(F)(F)F)ccc1-c1cc(C(C)C)c(F)cc1OC. The first-order valence-electron chi connectivity index (χ1n) is 15.2. The summed E-state index contributed by atoms with van der Waals surface area (Å²) in [5.41, 5.74) is -4.98. The Balaban J connectivity index is 2.13. The Morgan fingerprint density at radius 2 is 1.35 bits per heavy atom. The summed E-state index contributed by atoms with van der Waals surface area (Å²) in [4.78, 5) is 24.2. The third-order valence-electron chi connectivity index (χ3n) is 7.51. The van der Waals surface area contributed by atoms with Crippen molar-refractivity contribution < 1.29 is 72.4 Å². The third kappa shape index (κ3) is 10.7. The van der Waals surface area contributed by atoms with Gasteiger partial charge in [-0.25, -0.2) is 14.0 Å². The van der Waals surface area contributed by atoms with Gasteiger partial charge >= 0.3 is 30.7 Å². The maximum Gasteiger partial charge on any atom is 0.509 e. The number of esters is 1. The Morgan fingerprint density at radius 3 is 1.86 bits per heavy atom. The van der Waals surface area contributed by atoms with E-state index in [-0.39, 0.29) is 46.6 Å². The fraction of sp³-hybridized carbons (Fsp3) is 0.412. The molecule has 0 unspecified atom stereocenters. The number of nitrogens with one attached hydrogen (secondary N) is 1. The van der Waals surface area contributed by atoms with Gasteiger partial charge in [-0.05, 0) is 78.4 Å². The molecule has 3 aromatic carbocycles. The van der Waals surface area contributed by atoms with Crippen LogP contribution in [-0.4, -0.2) is 38.5 Å². The number of alkyl halides is 9. The Hall–Kier alpha value is -4.54. The standard InChI is InChI=1S/C34H33F10NO6/c1-6-49-29(46)16-50-31(47)51-30(19-9-22(33(39,40)41)12-23(10-19)34(42,43)44)18(4)45-15-20-11-21(32(36,37)38)7-8-24(20)26-13-25(17(2)3)27(35)14-28(26)48-5/h7-14,17-18,30,45H,6,15-16H2,1-5H3/t18-,30-/m0/s1. The van der Waals surface area contributed by atoms with Crippen LogP contribution in [-0.2, 0) is 44.1 Å². The number of benzene rings is 3.